The fourth-order valence-electron chi connectivity index (χ4n) is 5.01. The fourth-order valence-corrected chi connectivity index (χ4v) is 5.01. The number of fused-ring (bicyclic) bond motifs is 1. The summed E-state index contributed by atoms with van der Waals surface area (Å²) in [6, 6.07) is 22.1. The Morgan fingerprint density at radius 1 is 0.951 bits per heavy atom. The SMILES string of the molecule is COc1cc(OC(=O)c2ccccc2)ccc1-c1ccc2c(c1COc1cc(F)ccc1C)N(C)C(=O)C(C)(C)N2. The van der Waals surface area contributed by atoms with E-state index in [4.69, 9.17) is 14.2 Å². The van der Waals surface area contributed by atoms with Gasteiger partial charge in [-0.3, -0.25) is 4.79 Å². The molecule has 0 atom stereocenters. The number of benzene rings is 4. The molecule has 1 amide bonds. The Bertz CT molecular complexity index is 1630. The molecule has 0 fully saturated rings. The molecule has 0 spiro atoms. The fraction of sp³-hybridized carbons (Fsp3) is 0.212. The molecule has 8 heteroatoms. The van der Waals surface area contributed by atoms with E-state index in [1.54, 1.807) is 60.5 Å². The van der Waals surface area contributed by atoms with Crippen LogP contribution in [0.25, 0.3) is 11.1 Å². The molecule has 0 saturated heterocycles. The van der Waals surface area contributed by atoms with Gasteiger partial charge in [0.05, 0.1) is 24.0 Å². The van der Waals surface area contributed by atoms with Gasteiger partial charge >= 0.3 is 5.97 Å². The third-order valence-electron chi connectivity index (χ3n) is 7.11. The highest BCUT2D eigenvalue weighted by molar-refractivity contribution is 6.08. The number of amides is 1. The quantitative estimate of drug-likeness (QED) is 0.201. The van der Waals surface area contributed by atoms with Crippen molar-refractivity contribution in [3.05, 3.63) is 101 Å². The zero-order valence-electron chi connectivity index (χ0n) is 23.6. The molecule has 0 aliphatic carbocycles. The van der Waals surface area contributed by atoms with Crippen molar-refractivity contribution in [2.24, 2.45) is 0 Å². The van der Waals surface area contributed by atoms with Gasteiger partial charge in [0.25, 0.3) is 5.91 Å². The average molecular weight is 555 g/mol. The van der Waals surface area contributed by atoms with Gasteiger partial charge in [0.15, 0.2) is 0 Å². The molecule has 1 N–H and O–H groups in total. The van der Waals surface area contributed by atoms with E-state index in [0.717, 1.165) is 16.8 Å². The predicted molar refractivity (Wildman–Crippen MR) is 156 cm³/mol. The van der Waals surface area contributed by atoms with E-state index in [0.29, 0.717) is 39.6 Å². The summed E-state index contributed by atoms with van der Waals surface area (Å²) in [6.07, 6.45) is 0. The standard InChI is InChI=1S/C33H31FN2O5/c1-20-11-12-22(34)17-28(20)40-19-26-24(15-16-27-30(26)36(4)32(38)33(2,3)35-27)25-14-13-23(18-29(25)39-5)41-31(37)21-9-7-6-8-10-21/h6-18,35H,19H2,1-5H3. The van der Waals surface area contributed by atoms with Gasteiger partial charge in [-0.05, 0) is 68.3 Å². The Morgan fingerprint density at radius 2 is 1.68 bits per heavy atom. The summed E-state index contributed by atoms with van der Waals surface area (Å²) in [5, 5.41) is 3.33. The summed E-state index contributed by atoms with van der Waals surface area (Å²) in [5.41, 5.74) is 3.99. The molecule has 210 valence electrons. The Labute approximate surface area is 238 Å². The van der Waals surface area contributed by atoms with Crippen molar-refractivity contribution in [1.29, 1.82) is 0 Å². The van der Waals surface area contributed by atoms with Crippen LogP contribution in [0, 0.1) is 12.7 Å². The first-order chi connectivity index (χ1) is 19.6. The first kappa shape index (κ1) is 27.7. The van der Waals surface area contributed by atoms with Crippen molar-refractivity contribution in [1.82, 2.24) is 0 Å². The number of likely N-dealkylation sites (N-methyl/N-ethyl adjacent to an activating group) is 1. The summed E-state index contributed by atoms with van der Waals surface area (Å²) in [4.78, 5) is 27.5. The largest absolute Gasteiger partial charge is 0.496 e. The number of esters is 1. The van der Waals surface area contributed by atoms with Crippen LogP contribution in [0.1, 0.15) is 35.3 Å². The second-order valence-corrected chi connectivity index (χ2v) is 10.4. The van der Waals surface area contributed by atoms with Gasteiger partial charge in [-0.2, -0.15) is 0 Å². The molecule has 0 saturated carbocycles. The molecule has 0 radical (unpaired) electrons. The van der Waals surface area contributed by atoms with Crippen LogP contribution in [0.15, 0.2) is 78.9 Å². The maximum absolute atomic E-state index is 14.0. The second kappa shape index (κ2) is 11.0. The molecular formula is C33H31FN2O5. The van der Waals surface area contributed by atoms with Crippen molar-refractivity contribution in [3.63, 3.8) is 0 Å². The van der Waals surface area contributed by atoms with Crippen LogP contribution in [0.4, 0.5) is 15.8 Å². The Kier molecular flexibility index (Phi) is 7.41. The number of carbonyl (C=O) groups is 2. The number of anilines is 2. The normalized spacial score (nSPS) is 13.7. The van der Waals surface area contributed by atoms with Crippen LogP contribution in [-0.2, 0) is 11.4 Å². The highest BCUT2D eigenvalue weighted by atomic mass is 19.1. The van der Waals surface area contributed by atoms with Gasteiger partial charge in [0.1, 0.15) is 35.2 Å². The number of aryl methyl sites for hydroxylation is 1. The topological polar surface area (TPSA) is 77.1 Å². The zero-order chi connectivity index (χ0) is 29.3. The molecule has 4 aromatic rings. The van der Waals surface area contributed by atoms with Crippen LogP contribution < -0.4 is 24.4 Å². The average Bonchev–Trinajstić information content (AvgIpc) is 2.96. The van der Waals surface area contributed by atoms with E-state index in [1.807, 2.05) is 39.0 Å². The highest BCUT2D eigenvalue weighted by Gasteiger charge is 2.38. The first-order valence-electron chi connectivity index (χ1n) is 13.2. The number of nitrogens with one attached hydrogen (secondary N) is 1. The third kappa shape index (κ3) is 5.45. The number of hydrogen-bond acceptors (Lipinski definition) is 6. The summed E-state index contributed by atoms with van der Waals surface area (Å²) in [7, 11) is 3.26. The molecule has 7 nitrogen and oxygen atoms in total. The number of ether oxygens (including phenoxy) is 3. The lowest BCUT2D eigenvalue weighted by atomic mass is 9.91. The minimum Gasteiger partial charge on any atom is -0.496 e. The molecule has 5 rings (SSSR count). The summed E-state index contributed by atoms with van der Waals surface area (Å²) >= 11 is 0. The van der Waals surface area contributed by atoms with E-state index >= 15 is 0 Å². The first-order valence-corrected chi connectivity index (χ1v) is 13.2. The molecule has 41 heavy (non-hydrogen) atoms. The van der Waals surface area contributed by atoms with E-state index < -0.39 is 17.3 Å². The lowest BCUT2D eigenvalue weighted by Crippen LogP contribution is -2.52. The second-order valence-electron chi connectivity index (χ2n) is 10.4. The minimum absolute atomic E-state index is 0.0520. The van der Waals surface area contributed by atoms with Crippen molar-refractivity contribution in [3.8, 4) is 28.4 Å². The van der Waals surface area contributed by atoms with Gasteiger partial charge in [0.2, 0.25) is 0 Å². The van der Waals surface area contributed by atoms with Crippen LogP contribution in [0.2, 0.25) is 0 Å². The number of hydrogen-bond donors (Lipinski definition) is 1. The summed E-state index contributed by atoms with van der Waals surface area (Å²) < 4.78 is 31.5. The lowest BCUT2D eigenvalue weighted by Gasteiger charge is -2.39. The van der Waals surface area contributed by atoms with E-state index in [-0.39, 0.29) is 12.5 Å². The molecule has 0 unspecified atom stereocenters. The maximum Gasteiger partial charge on any atom is 0.343 e. The molecule has 0 aromatic heterocycles. The molecule has 4 aromatic carbocycles. The Balaban J connectivity index is 1.58. The summed E-state index contributed by atoms with van der Waals surface area (Å²) in [6.45, 7) is 5.55. The van der Waals surface area contributed by atoms with E-state index in [1.165, 1.54) is 19.2 Å². The predicted octanol–water partition coefficient (Wildman–Crippen LogP) is 6.77. The smallest absolute Gasteiger partial charge is 0.343 e. The molecule has 1 aliphatic rings. The van der Waals surface area contributed by atoms with Gasteiger partial charge < -0.3 is 24.4 Å². The molecule has 1 aliphatic heterocycles. The maximum atomic E-state index is 14.0. The zero-order valence-corrected chi connectivity index (χ0v) is 23.6. The van der Waals surface area contributed by atoms with Gasteiger partial charge in [0, 0.05) is 30.3 Å². The number of methoxy groups -OCH3 is 1. The Hall–Kier alpha value is -4.85. The Morgan fingerprint density at radius 3 is 2.41 bits per heavy atom. The number of nitrogens with zero attached hydrogens (tertiary/aromatic N) is 1. The van der Waals surface area contributed by atoms with Crippen molar-refractivity contribution >= 4 is 23.3 Å². The van der Waals surface area contributed by atoms with E-state index in [2.05, 4.69) is 5.32 Å². The van der Waals surface area contributed by atoms with Crippen LogP contribution in [-0.4, -0.2) is 31.6 Å². The summed E-state index contributed by atoms with van der Waals surface area (Å²) in [5.74, 6) is 0.189. The molecule has 0 bridgehead atoms. The van der Waals surface area contributed by atoms with Crippen molar-refractivity contribution in [2.75, 3.05) is 24.4 Å². The minimum atomic E-state index is -0.803. The number of carbonyl (C=O) groups excluding carboxylic acids is 2. The van der Waals surface area contributed by atoms with Crippen molar-refractivity contribution in [2.45, 2.75) is 32.9 Å². The monoisotopic (exact) mass is 554 g/mol. The van der Waals surface area contributed by atoms with Crippen LogP contribution in [0.3, 0.4) is 0 Å². The molecule has 1 heterocycles. The molecular weight excluding hydrogens is 523 g/mol. The number of rotatable bonds is 7. The van der Waals surface area contributed by atoms with E-state index in [9.17, 15) is 14.0 Å². The highest BCUT2D eigenvalue weighted by Crippen LogP contribution is 2.45. The van der Waals surface area contributed by atoms with Crippen molar-refractivity contribution < 1.29 is 28.2 Å². The van der Waals surface area contributed by atoms with Crippen LogP contribution in [0.5, 0.6) is 17.2 Å². The van der Waals surface area contributed by atoms with Gasteiger partial charge in [-0.25, -0.2) is 9.18 Å². The van der Waals surface area contributed by atoms with Gasteiger partial charge in [-0.15, -0.1) is 0 Å². The van der Waals surface area contributed by atoms with Crippen LogP contribution >= 0.6 is 0 Å². The number of halogens is 1. The van der Waals surface area contributed by atoms with Gasteiger partial charge in [-0.1, -0.05) is 30.3 Å². The third-order valence-corrected chi connectivity index (χ3v) is 7.11. The lowest BCUT2D eigenvalue weighted by molar-refractivity contribution is -0.121.